The number of ketones is 1. The molecular weight excluding hydrogens is 180 g/mol. The van der Waals surface area contributed by atoms with Gasteiger partial charge in [0.2, 0.25) is 0 Å². The maximum atomic E-state index is 11.1. The van der Waals surface area contributed by atoms with Crippen LogP contribution in [-0.4, -0.2) is 29.8 Å². The average molecular weight is 190 g/mol. The molecule has 6 heteroatoms. The van der Waals surface area contributed by atoms with Gasteiger partial charge in [0.05, 0.1) is 5.75 Å². The summed E-state index contributed by atoms with van der Waals surface area (Å²) in [4.78, 5) is 13.1. The van der Waals surface area contributed by atoms with Crippen molar-refractivity contribution in [3.63, 3.8) is 0 Å². The van der Waals surface area contributed by atoms with Crippen LogP contribution in [-0.2, 0) is 14.6 Å². The number of sulfone groups is 1. The quantitative estimate of drug-likeness (QED) is 0.272. The van der Waals surface area contributed by atoms with E-state index in [4.69, 9.17) is 5.53 Å². The minimum Gasteiger partial charge on any atom is -0.360 e. The monoisotopic (exact) mass is 190 g/mol. The summed E-state index contributed by atoms with van der Waals surface area (Å²) in [6.45, 7) is 2.70. The van der Waals surface area contributed by atoms with Crippen LogP contribution in [0.2, 0.25) is 0 Å². The molecule has 0 saturated heterocycles. The van der Waals surface area contributed by atoms with E-state index in [1.165, 1.54) is 0 Å². The second kappa shape index (κ2) is 4.13. The highest BCUT2D eigenvalue weighted by atomic mass is 32.2. The SMILES string of the molecule is CCCS(=O)(=O)C(=[N+]=[N-])C(C)=O. The Morgan fingerprint density at radius 1 is 1.50 bits per heavy atom. The van der Waals surface area contributed by atoms with Gasteiger partial charge in [-0.2, -0.15) is 0 Å². The standard InChI is InChI=1S/C6H10N2O3S/c1-3-4-12(10,11)6(8-7)5(2)9/h3-4H2,1-2H3. The summed E-state index contributed by atoms with van der Waals surface area (Å²) >= 11 is 0. The third-order valence-electron chi connectivity index (χ3n) is 1.16. The van der Waals surface area contributed by atoms with E-state index in [1.807, 2.05) is 0 Å². The van der Waals surface area contributed by atoms with Crippen molar-refractivity contribution < 1.29 is 18.0 Å². The van der Waals surface area contributed by atoms with Gasteiger partial charge in [-0.15, -0.1) is 4.79 Å². The van der Waals surface area contributed by atoms with Crippen LogP contribution in [0.3, 0.4) is 0 Å². The van der Waals surface area contributed by atoms with Crippen LogP contribution in [0.1, 0.15) is 20.3 Å². The lowest BCUT2D eigenvalue weighted by Crippen LogP contribution is -2.25. The first kappa shape index (κ1) is 11.0. The molecule has 12 heavy (non-hydrogen) atoms. The Hall–Kier alpha value is -1.00. The maximum absolute atomic E-state index is 11.1. The van der Waals surface area contributed by atoms with Gasteiger partial charge in [-0.25, -0.2) is 8.42 Å². The summed E-state index contributed by atoms with van der Waals surface area (Å²) in [5, 5.41) is -0.760. The normalized spacial score (nSPS) is 10.5. The van der Waals surface area contributed by atoms with E-state index in [9.17, 15) is 13.2 Å². The van der Waals surface area contributed by atoms with Crippen LogP contribution >= 0.6 is 0 Å². The van der Waals surface area contributed by atoms with E-state index < -0.39 is 20.7 Å². The van der Waals surface area contributed by atoms with Crippen molar-refractivity contribution in [2.45, 2.75) is 20.3 Å². The molecule has 0 aromatic carbocycles. The van der Waals surface area contributed by atoms with Gasteiger partial charge in [0, 0.05) is 6.92 Å². The van der Waals surface area contributed by atoms with Gasteiger partial charge < -0.3 is 5.53 Å². The first-order valence-electron chi connectivity index (χ1n) is 3.41. The summed E-state index contributed by atoms with van der Waals surface area (Å²) < 4.78 is 22.2. The van der Waals surface area contributed by atoms with Crippen molar-refractivity contribution in [1.82, 2.24) is 0 Å². The van der Waals surface area contributed by atoms with E-state index in [-0.39, 0.29) is 5.75 Å². The number of Topliss-reactive ketones (excluding diaryl/α,β-unsaturated/α-hetero) is 1. The highest BCUT2D eigenvalue weighted by Gasteiger charge is 2.31. The second-order valence-electron chi connectivity index (χ2n) is 2.28. The lowest BCUT2D eigenvalue weighted by molar-refractivity contribution is -0.114. The van der Waals surface area contributed by atoms with Gasteiger partial charge in [-0.1, -0.05) is 6.92 Å². The van der Waals surface area contributed by atoms with Crippen molar-refractivity contribution in [2.75, 3.05) is 5.75 Å². The van der Waals surface area contributed by atoms with Gasteiger partial charge >= 0.3 is 5.04 Å². The minimum atomic E-state index is -3.67. The Kier molecular flexibility index (Phi) is 3.79. The number of hydrogen-bond donors (Lipinski definition) is 0. The van der Waals surface area contributed by atoms with Crippen molar-refractivity contribution in [3.8, 4) is 0 Å². The van der Waals surface area contributed by atoms with Crippen LogP contribution in [0.4, 0.5) is 0 Å². The molecule has 0 unspecified atom stereocenters. The summed E-state index contributed by atoms with van der Waals surface area (Å²) in [6, 6.07) is 0. The predicted octanol–water partition coefficient (Wildman–Crippen LogP) is 0.0285. The maximum Gasteiger partial charge on any atom is 0.447 e. The topological polar surface area (TPSA) is 87.6 Å². The van der Waals surface area contributed by atoms with Crippen LogP contribution in [0.15, 0.2) is 0 Å². The molecule has 0 aromatic rings. The first-order chi connectivity index (χ1) is 5.45. The molecule has 0 rings (SSSR count). The molecule has 0 spiro atoms. The third kappa shape index (κ3) is 2.56. The Balaban J connectivity index is 5.03. The Bertz CT molecular complexity index is 325. The number of carbonyl (C=O) groups excluding carboxylic acids is 1. The fourth-order valence-corrected chi connectivity index (χ4v) is 2.01. The molecule has 0 fully saturated rings. The number of nitrogens with zero attached hydrogens (tertiary/aromatic N) is 2. The number of carbonyl (C=O) groups is 1. The fourth-order valence-electron chi connectivity index (χ4n) is 0.717. The van der Waals surface area contributed by atoms with Gasteiger partial charge in [0.15, 0.2) is 0 Å². The second-order valence-corrected chi connectivity index (χ2v) is 4.30. The Labute approximate surface area is 70.9 Å². The molecule has 0 aromatic heterocycles. The number of rotatable bonds is 3. The molecule has 0 bridgehead atoms. The highest BCUT2D eigenvalue weighted by Crippen LogP contribution is 1.96. The van der Waals surface area contributed by atoms with Crippen molar-refractivity contribution in [3.05, 3.63) is 5.53 Å². The molecule has 0 amide bonds. The van der Waals surface area contributed by atoms with Gasteiger partial charge in [-0.05, 0) is 6.42 Å². The van der Waals surface area contributed by atoms with Crippen LogP contribution in [0, 0.1) is 0 Å². The van der Waals surface area contributed by atoms with E-state index in [0.717, 1.165) is 6.92 Å². The summed E-state index contributed by atoms with van der Waals surface area (Å²) in [5.74, 6) is -0.919. The largest absolute Gasteiger partial charge is 0.447 e. The molecular formula is C6H10N2O3S. The minimum absolute atomic E-state index is 0.175. The zero-order chi connectivity index (χ0) is 9.78. The lowest BCUT2D eigenvalue weighted by atomic mass is 10.5. The zero-order valence-electron chi connectivity index (χ0n) is 6.94. The van der Waals surface area contributed by atoms with Gasteiger partial charge in [0.25, 0.3) is 15.6 Å². The van der Waals surface area contributed by atoms with Gasteiger partial charge in [-0.3, -0.25) is 4.79 Å². The van der Waals surface area contributed by atoms with Crippen LogP contribution in [0.25, 0.3) is 5.53 Å². The molecule has 68 valence electrons. The van der Waals surface area contributed by atoms with E-state index in [2.05, 4.69) is 4.79 Å². The molecule has 0 heterocycles. The molecule has 0 N–H and O–H groups in total. The van der Waals surface area contributed by atoms with E-state index >= 15 is 0 Å². The molecule has 0 radical (unpaired) electrons. The molecule has 0 aliphatic heterocycles. The van der Waals surface area contributed by atoms with Gasteiger partial charge in [0.1, 0.15) is 0 Å². The Morgan fingerprint density at radius 2 is 2.00 bits per heavy atom. The van der Waals surface area contributed by atoms with E-state index in [1.54, 1.807) is 6.92 Å². The van der Waals surface area contributed by atoms with Crippen LogP contribution in [0.5, 0.6) is 0 Å². The molecule has 0 aliphatic carbocycles. The molecule has 0 saturated carbocycles. The summed E-state index contributed by atoms with van der Waals surface area (Å²) in [5.41, 5.74) is 8.25. The highest BCUT2D eigenvalue weighted by molar-refractivity contribution is 8.08. The summed E-state index contributed by atoms with van der Waals surface area (Å²) in [7, 11) is -3.67. The van der Waals surface area contributed by atoms with Crippen molar-refractivity contribution in [1.29, 1.82) is 0 Å². The molecule has 0 atom stereocenters. The Morgan fingerprint density at radius 3 is 2.25 bits per heavy atom. The lowest BCUT2D eigenvalue weighted by Gasteiger charge is -1.92. The van der Waals surface area contributed by atoms with E-state index in [0.29, 0.717) is 6.42 Å². The smallest absolute Gasteiger partial charge is 0.360 e. The molecule has 5 nitrogen and oxygen atoms in total. The van der Waals surface area contributed by atoms with Crippen molar-refractivity contribution in [2.24, 2.45) is 0 Å². The van der Waals surface area contributed by atoms with Crippen molar-refractivity contribution >= 4 is 20.7 Å². The fraction of sp³-hybridized carbons (Fsp3) is 0.667. The average Bonchev–Trinajstić information content (AvgIpc) is 1.86. The molecule has 0 aliphatic rings. The van der Waals surface area contributed by atoms with Crippen LogP contribution < -0.4 is 0 Å². The third-order valence-corrected chi connectivity index (χ3v) is 3.06. The summed E-state index contributed by atoms with van der Waals surface area (Å²) in [6.07, 6.45) is 0.384. The first-order valence-corrected chi connectivity index (χ1v) is 5.06. The number of hydrogen-bond acceptors (Lipinski definition) is 3. The zero-order valence-corrected chi connectivity index (χ0v) is 7.76. The predicted molar refractivity (Wildman–Crippen MR) is 43.4 cm³/mol.